The summed E-state index contributed by atoms with van der Waals surface area (Å²) in [5.74, 6) is -0.826. The standard InChI is InChI=1S/C19H25N3O4/c1-12-10-15(17-13(2)22-26-18(17)20-12)19(24)25-11-16(23)21-14-8-6-4-3-5-7-9-14/h10,14H,3-9,11H2,1-2H3,(H,21,23). The number of carbonyl (C=O) groups excluding carboxylic acids is 2. The van der Waals surface area contributed by atoms with Gasteiger partial charge in [-0.3, -0.25) is 4.79 Å². The number of carbonyl (C=O) groups is 2. The number of hydrogen-bond donors (Lipinski definition) is 1. The van der Waals surface area contributed by atoms with Gasteiger partial charge in [-0.1, -0.05) is 37.3 Å². The summed E-state index contributed by atoms with van der Waals surface area (Å²) in [4.78, 5) is 28.8. The van der Waals surface area contributed by atoms with Crippen LogP contribution in [0.1, 0.15) is 66.7 Å². The summed E-state index contributed by atoms with van der Waals surface area (Å²) in [6.45, 7) is 3.21. The monoisotopic (exact) mass is 359 g/mol. The summed E-state index contributed by atoms with van der Waals surface area (Å²) in [6, 6.07) is 1.80. The van der Waals surface area contributed by atoms with Gasteiger partial charge in [-0.15, -0.1) is 0 Å². The lowest BCUT2D eigenvalue weighted by Gasteiger charge is -2.20. The van der Waals surface area contributed by atoms with Crippen molar-refractivity contribution in [3.63, 3.8) is 0 Å². The highest BCUT2D eigenvalue weighted by Crippen LogP contribution is 2.22. The van der Waals surface area contributed by atoms with Crippen LogP contribution < -0.4 is 5.32 Å². The number of hydrogen-bond acceptors (Lipinski definition) is 6. The van der Waals surface area contributed by atoms with Crippen LogP contribution in [0, 0.1) is 13.8 Å². The number of rotatable bonds is 4. The number of pyridine rings is 1. The molecule has 0 unspecified atom stereocenters. The molecular formula is C19H25N3O4. The van der Waals surface area contributed by atoms with Gasteiger partial charge < -0.3 is 14.6 Å². The number of esters is 1. The maximum absolute atomic E-state index is 12.5. The number of aromatic nitrogens is 2. The Balaban J connectivity index is 1.60. The van der Waals surface area contributed by atoms with E-state index < -0.39 is 5.97 Å². The number of nitrogens with zero attached hydrogens (tertiary/aromatic N) is 2. The molecule has 7 heteroatoms. The first-order valence-electron chi connectivity index (χ1n) is 9.24. The van der Waals surface area contributed by atoms with Crippen molar-refractivity contribution in [3.05, 3.63) is 23.0 Å². The minimum absolute atomic E-state index is 0.177. The molecule has 0 aliphatic heterocycles. The molecule has 0 aromatic carbocycles. The summed E-state index contributed by atoms with van der Waals surface area (Å²) in [7, 11) is 0. The zero-order chi connectivity index (χ0) is 18.5. The molecule has 0 spiro atoms. The Hall–Kier alpha value is -2.44. The largest absolute Gasteiger partial charge is 0.452 e. The molecule has 7 nitrogen and oxygen atoms in total. The average molecular weight is 359 g/mol. The van der Waals surface area contributed by atoms with Crippen molar-refractivity contribution in [2.45, 2.75) is 64.8 Å². The summed E-state index contributed by atoms with van der Waals surface area (Å²) in [5.41, 5.74) is 1.82. The lowest BCUT2D eigenvalue weighted by molar-refractivity contribution is -0.125. The topological polar surface area (TPSA) is 94.3 Å². The predicted octanol–water partition coefficient (Wildman–Crippen LogP) is 3.23. The molecule has 2 aromatic rings. The van der Waals surface area contributed by atoms with Crippen molar-refractivity contribution in [2.24, 2.45) is 0 Å². The number of amides is 1. The third-order valence-electron chi connectivity index (χ3n) is 4.77. The highest BCUT2D eigenvalue weighted by atomic mass is 16.5. The molecule has 2 aromatic heterocycles. The molecule has 0 radical (unpaired) electrons. The van der Waals surface area contributed by atoms with Crippen LogP contribution in [0.4, 0.5) is 0 Å². The van der Waals surface area contributed by atoms with E-state index in [0.29, 0.717) is 28.1 Å². The maximum Gasteiger partial charge on any atom is 0.339 e. The van der Waals surface area contributed by atoms with E-state index in [1.165, 1.54) is 19.3 Å². The first-order valence-corrected chi connectivity index (χ1v) is 9.24. The third-order valence-corrected chi connectivity index (χ3v) is 4.77. The lowest BCUT2D eigenvalue weighted by Crippen LogP contribution is -2.38. The van der Waals surface area contributed by atoms with Gasteiger partial charge in [0.15, 0.2) is 6.61 Å². The minimum Gasteiger partial charge on any atom is -0.452 e. The molecule has 1 fully saturated rings. The molecule has 2 heterocycles. The third kappa shape index (κ3) is 4.39. The van der Waals surface area contributed by atoms with E-state index in [1.54, 1.807) is 19.9 Å². The summed E-state index contributed by atoms with van der Waals surface area (Å²) in [5, 5.41) is 7.36. The quantitative estimate of drug-likeness (QED) is 0.842. The molecule has 140 valence electrons. The van der Waals surface area contributed by atoms with Gasteiger partial charge in [0.25, 0.3) is 11.6 Å². The van der Waals surface area contributed by atoms with E-state index in [0.717, 1.165) is 25.7 Å². The van der Waals surface area contributed by atoms with Crippen LogP contribution in [0.25, 0.3) is 11.1 Å². The molecule has 3 rings (SSSR count). The molecule has 0 atom stereocenters. The zero-order valence-electron chi connectivity index (χ0n) is 15.3. The van der Waals surface area contributed by atoms with Crippen LogP contribution in [0.15, 0.2) is 10.6 Å². The van der Waals surface area contributed by atoms with Gasteiger partial charge in [0.2, 0.25) is 0 Å². The average Bonchev–Trinajstić information content (AvgIpc) is 2.95. The first kappa shape index (κ1) is 18.4. The van der Waals surface area contributed by atoms with Crippen molar-refractivity contribution < 1.29 is 18.8 Å². The molecule has 0 bridgehead atoms. The lowest BCUT2D eigenvalue weighted by atomic mass is 9.97. The van der Waals surface area contributed by atoms with E-state index in [4.69, 9.17) is 9.26 Å². The van der Waals surface area contributed by atoms with Crippen molar-refractivity contribution >= 4 is 23.0 Å². The molecule has 1 aliphatic carbocycles. The fourth-order valence-electron chi connectivity index (χ4n) is 3.46. The van der Waals surface area contributed by atoms with Crippen molar-refractivity contribution in [3.8, 4) is 0 Å². The Morgan fingerprint density at radius 1 is 1.19 bits per heavy atom. The second-order valence-electron chi connectivity index (χ2n) is 6.95. The summed E-state index contributed by atoms with van der Waals surface area (Å²) >= 11 is 0. The summed E-state index contributed by atoms with van der Waals surface area (Å²) in [6.07, 6.45) is 7.96. The van der Waals surface area contributed by atoms with Crippen molar-refractivity contribution in [2.75, 3.05) is 6.61 Å². The minimum atomic E-state index is -0.570. The Labute approximate surface area is 152 Å². The Bertz CT molecular complexity index is 791. The second-order valence-corrected chi connectivity index (χ2v) is 6.95. The molecule has 1 saturated carbocycles. The predicted molar refractivity (Wildman–Crippen MR) is 95.8 cm³/mol. The van der Waals surface area contributed by atoms with Gasteiger partial charge in [0, 0.05) is 11.7 Å². The normalized spacial score (nSPS) is 16.1. The van der Waals surface area contributed by atoms with Gasteiger partial charge in [-0.2, -0.15) is 0 Å². The van der Waals surface area contributed by atoms with Gasteiger partial charge in [-0.05, 0) is 32.8 Å². The van der Waals surface area contributed by atoms with Crippen molar-refractivity contribution in [1.82, 2.24) is 15.5 Å². The van der Waals surface area contributed by atoms with Gasteiger partial charge in [-0.25, -0.2) is 9.78 Å². The second kappa shape index (κ2) is 8.29. The van der Waals surface area contributed by atoms with E-state index >= 15 is 0 Å². The van der Waals surface area contributed by atoms with Gasteiger partial charge in [0.05, 0.1) is 16.6 Å². The number of fused-ring (bicyclic) bond motifs is 1. The molecule has 1 aliphatic rings. The van der Waals surface area contributed by atoms with Crippen LogP contribution in [0.3, 0.4) is 0 Å². The fourth-order valence-corrected chi connectivity index (χ4v) is 3.46. The Morgan fingerprint density at radius 2 is 1.88 bits per heavy atom. The molecule has 1 N–H and O–H groups in total. The van der Waals surface area contributed by atoms with Crippen LogP contribution in [-0.2, 0) is 9.53 Å². The number of ether oxygens (including phenoxy) is 1. The smallest absolute Gasteiger partial charge is 0.339 e. The van der Waals surface area contributed by atoms with Gasteiger partial charge in [0.1, 0.15) is 0 Å². The van der Waals surface area contributed by atoms with E-state index in [9.17, 15) is 9.59 Å². The van der Waals surface area contributed by atoms with E-state index in [1.807, 2.05) is 0 Å². The highest BCUT2D eigenvalue weighted by Gasteiger charge is 2.20. The number of nitrogens with one attached hydrogen (secondary N) is 1. The zero-order valence-corrected chi connectivity index (χ0v) is 15.3. The van der Waals surface area contributed by atoms with Crippen LogP contribution in [-0.4, -0.2) is 34.7 Å². The van der Waals surface area contributed by atoms with E-state index in [-0.39, 0.29) is 18.6 Å². The fraction of sp³-hybridized carbons (Fsp3) is 0.579. The molecule has 0 saturated heterocycles. The Kier molecular flexibility index (Phi) is 5.85. The Morgan fingerprint density at radius 3 is 2.62 bits per heavy atom. The molecular weight excluding hydrogens is 334 g/mol. The van der Waals surface area contributed by atoms with Crippen LogP contribution in [0.2, 0.25) is 0 Å². The SMILES string of the molecule is Cc1cc(C(=O)OCC(=O)NC2CCCCCCC2)c2c(C)noc2n1. The van der Waals surface area contributed by atoms with Crippen molar-refractivity contribution in [1.29, 1.82) is 0 Å². The first-order chi connectivity index (χ1) is 12.5. The van der Waals surface area contributed by atoms with Crippen LogP contribution in [0.5, 0.6) is 0 Å². The molecule has 26 heavy (non-hydrogen) atoms. The maximum atomic E-state index is 12.5. The molecule has 1 amide bonds. The highest BCUT2D eigenvalue weighted by molar-refractivity contribution is 6.03. The van der Waals surface area contributed by atoms with Gasteiger partial charge >= 0.3 is 5.97 Å². The van der Waals surface area contributed by atoms with Crippen LogP contribution >= 0.6 is 0 Å². The number of aryl methyl sites for hydroxylation is 2. The summed E-state index contributed by atoms with van der Waals surface area (Å²) < 4.78 is 10.3. The van der Waals surface area contributed by atoms with E-state index in [2.05, 4.69) is 15.5 Å².